The number of aromatic nitrogens is 2. The van der Waals surface area contributed by atoms with Gasteiger partial charge in [-0.3, -0.25) is 4.90 Å². The molecule has 1 aromatic heterocycles. The summed E-state index contributed by atoms with van der Waals surface area (Å²) in [4.78, 5) is 11.4. The summed E-state index contributed by atoms with van der Waals surface area (Å²) in [6, 6.07) is 4.83. The molecular weight excluding hydrogens is 250 g/mol. The minimum Gasteiger partial charge on any atom is -0.370 e. The maximum Gasteiger partial charge on any atom is 0.144 e. The van der Waals surface area contributed by atoms with Gasteiger partial charge < -0.3 is 5.32 Å². The van der Waals surface area contributed by atoms with Crippen LogP contribution in [0.15, 0.2) is 6.07 Å². The van der Waals surface area contributed by atoms with Crippen LogP contribution in [-0.2, 0) is 6.54 Å². The lowest BCUT2D eigenvalue weighted by atomic mass is 10.3. The fourth-order valence-corrected chi connectivity index (χ4v) is 2.25. The van der Waals surface area contributed by atoms with Gasteiger partial charge in [0, 0.05) is 37.3 Å². The van der Waals surface area contributed by atoms with Crippen molar-refractivity contribution in [2.24, 2.45) is 0 Å². The number of anilines is 1. The Morgan fingerprint density at radius 2 is 2.25 bits per heavy atom. The number of nitrogens with zero attached hydrogens (tertiary/aromatic N) is 4. The Morgan fingerprint density at radius 1 is 1.45 bits per heavy atom. The van der Waals surface area contributed by atoms with Crippen LogP contribution in [-0.4, -0.2) is 34.0 Å². The fourth-order valence-electron chi connectivity index (χ4n) is 2.25. The molecule has 2 rings (SSSR count). The molecule has 0 radical (unpaired) electrons. The molecule has 1 aliphatic carbocycles. The van der Waals surface area contributed by atoms with Gasteiger partial charge in [-0.25, -0.2) is 9.97 Å². The summed E-state index contributed by atoms with van der Waals surface area (Å²) in [6.45, 7) is 6.62. The quantitative estimate of drug-likeness (QED) is 0.788. The first-order chi connectivity index (χ1) is 9.72. The van der Waals surface area contributed by atoms with E-state index in [1.807, 2.05) is 13.0 Å². The van der Waals surface area contributed by atoms with E-state index in [0.717, 1.165) is 43.4 Å². The van der Waals surface area contributed by atoms with E-state index in [1.165, 1.54) is 12.8 Å². The Labute approximate surface area is 121 Å². The zero-order valence-corrected chi connectivity index (χ0v) is 12.4. The Hall–Kier alpha value is -1.67. The summed E-state index contributed by atoms with van der Waals surface area (Å²) in [7, 11) is 0. The first-order valence-electron chi connectivity index (χ1n) is 7.42. The van der Waals surface area contributed by atoms with Crippen molar-refractivity contribution in [2.45, 2.75) is 52.1 Å². The van der Waals surface area contributed by atoms with Gasteiger partial charge in [0.25, 0.3) is 0 Å². The summed E-state index contributed by atoms with van der Waals surface area (Å²) in [5, 5.41) is 12.1. The predicted octanol–water partition coefficient (Wildman–Crippen LogP) is 2.49. The summed E-state index contributed by atoms with van der Waals surface area (Å²) < 4.78 is 0. The highest BCUT2D eigenvalue weighted by Crippen LogP contribution is 2.28. The van der Waals surface area contributed by atoms with Crippen molar-refractivity contribution < 1.29 is 0 Å². The zero-order valence-electron chi connectivity index (χ0n) is 12.4. The van der Waals surface area contributed by atoms with Crippen LogP contribution >= 0.6 is 0 Å². The molecule has 0 spiro atoms. The standard InChI is InChI=1S/C15H23N5/c1-3-8-17-14-10-12(2)18-15(19-14)11-20(9-4-7-16)13-5-6-13/h10,13H,3-6,8-9,11H2,1-2H3,(H,17,18,19). The number of nitrogens with one attached hydrogen (secondary N) is 1. The minimum absolute atomic E-state index is 0.573. The van der Waals surface area contributed by atoms with Crippen LogP contribution in [0.5, 0.6) is 0 Å². The van der Waals surface area contributed by atoms with E-state index in [9.17, 15) is 0 Å². The van der Waals surface area contributed by atoms with E-state index in [1.54, 1.807) is 0 Å². The topological polar surface area (TPSA) is 64.8 Å². The molecule has 5 heteroatoms. The van der Waals surface area contributed by atoms with Gasteiger partial charge in [-0.05, 0) is 26.2 Å². The fraction of sp³-hybridized carbons (Fsp3) is 0.667. The van der Waals surface area contributed by atoms with Crippen LogP contribution in [0.2, 0.25) is 0 Å². The Balaban J connectivity index is 2.02. The predicted molar refractivity (Wildman–Crippen MR) is 79.2 cm³/mol. The molecule has 0 unspecified atom stereocenters. The third-order valence-corrected chi connectivity index (χ3v) is 3.38. The number of hydrogen-bond acceptors (Lipinski definition) is 5. The molecule has 1 N–H and O–H groups in total. The van der Waals surface area contributed by atoms with Gasteiger partial charge in [-0.2, -0.15) is 5.26 Å². The smallest absolute Gasteiger partial charge is 0.144 e. The van der Waals surface area contributed by atoms with E-state index >= 15 is 0 Å². The van der Waals surface area contributed by atoms with Crippen LogP contribution in [0.4, 0.5) is 5.82 Å². The molecule has 20 heavy (non-hydrogen) atoms. The monoisotopic (exact) mass is 273 g/mol. The summed E-state index contributed by atoms with van der Waals surface area (Å²) in [6.07, 6.45) is 4.12. The van der Waals surface area contributed by atoms with Crippen molar-refractivity contribution in [1.82, 2.24) is 14.9 Å². The van der Waals surface area contributed by atoms with E-state index < -0.39 is 0 Å². The molecule has 108 valence electrons. The summed E-state index contributed by atoms with van der Waals surface area (Å²) in [5.74, 6) is 1.76. The maximum absolute atomic E-state index is 8.75. The van der Waals surface area contributed by atoms with Crippen LogP contribution < -0.4 is 5.32 Å². The zero-order chi connectivity index (χ0) is 14.4. The third kappa shape index (κ3) is 4.46. The lowest BCUT2D eigenvalue weighted by Gasteiger charge is -2.20. The van der Waals surface area contributed by atoms with Gasteiger partial charge in [0.15, 0.2) is 0 Å². The third-order valence-electron chi connectivity index (χ3n) is 3.38. The van der Waals surface area contributed by atoms with Crippen LogP contribution in [0, 0.1) is 18.3 Å². The second-order valence-electron chi connectivity index (χ2n) is 5.35. The first kappa shape index (κ1) is 14.7. The lowest BCUT2D eigenvalue weighted by molar-refractivity contribution is 0.254. The van der Waals surface area contributed by atoms with Gasteiger partial charge >= 0.3 is 0 Å². The molecule has 0 bridgehead atoms. The van der Waals surface area contributed by atoms with Crippen molar-refractivity contribution in [1.29, 1.82) is 5.26 Å². The number of rotatable bonds is 8. The first-order valence-corrected chi connectivity index (χ1v) is 7.42. The van der Waals surface area contributed by atoms with E-state index in [-0.39, 0.29) is 0 Å². The minimum atomic E-state index is 0.573. The van der Waals surface area contributed by atoms with E-state index in [4.69, 9.17) is 5.26 Å². The SMILES string of the molecule is CCCNc1cc(C)nc(CN(CCC#N)C2CC2)n1. The lowest BCUT2D eigenvalue weighted by Crippen LogP contribution is -2.27. The van der Waals surface area contributed by atoms with Crippen LogP contribution in [0.25, 0.3) is 0 Å². The van der Waals surface area contributed by atoms with E-state index in [0.29, 0.717) is 12.5 Å². The number of nitriles is 1. The molecular formula is C15H23N5. The number of hydrogen-bond donors (Lipinski definition) is 1. The largest absolute Gasteiger partial charge is 0.370 e. The Morgan fingerprint density at radius 3 is 2.90 bits per heavy atom. The molecule has 5 nitrogen and oxygen atoms in total. The second kappa shape index (κ2) is 7.20. The Kier molecular flexibility index (Phi) is 5.31. The summed E-state index contributed by atoms with van der Waals surface area (Å²) in [5.41, 5.74) is 0.990. The van der Waals surface area contributed by atoms with Crippen molar-refractivity contribution in [3.63, 3.8) is 0 Å². The molecule has 0 amide bonds. The van der Waals surface area contributed by atoms with Crippen LogP contribution in [0.3, 0.4) is 0 Å². The molecule has 0 aliphatic heterocycles. The highest BCUT2D eigenvalue weighted by Gasteiger charge is 2.29. The van der Waals surface area contributed by atoms with Gasteiger partial charge in [-0.1, -0.05) is 6.92 Å². The Bertz CT molecular complexity index is 476. The average Bonchev–Trinajstić information content (AvgIpc) is 3.25. The molecule has 0 saturated heterocycles. The van der Waals surface area contributed by atoms with Crippen molar-refractivity contribution in [3.8, 4) is 6.07 Å². The van der Waals surface area contributed by atoms with Crippen molar-refractivity contribution >= 4 is 5.82 Å². The van der Waals surface area contributed by atoms with Gasteiger partial charge in [-0.15, -0.1) is 0 Å². The normalized spacial score (nSPS) is 14.3. The van der Waals surface area contributed by atoms with Crippen molar-refractivity contribution in [2.75, 3.05) is 18.4 Å². The van der Waals surface area contributed by atoms with Gasteiger partial charge in [0.2, 0.25) is 0 Å². The second-order valence-corrected chi connectivity index (χ2v) is 5.35. The molecule has 1 fully saturated rings. The van der Waals surface area contributed by atoms with Gasteiger partial charge in [0.1, 0.15) is 11.6 Å². The average molecular weight is 273 g/mol. The molecule has 0 atom stereocenters. The summed E-state index contributed by atoms with van der Waals surface area (Å²) >= 11 is 0. The number of aryl methyl sites for hydroxylation is 1. The molecule has 1 aliphatic rings. The molecule has 1 aromatic rings. The molecule has 1 heterocycles. The molecule has 0 aromatic carbocycles. The highest BCUT2D eigenvalue weighted by atomic mass is 15.2. The van der Waals surface area contributed by atoms with Crippen molar-refractivity contribution in [3.05, 3.63) is 17.6 Å². The maximum atomic E-state index is 8.75. The van der Waals surface area contributed by atoms with Gasteiger partial charge in [0.05, 0.1) is 12.6 Å². The highest BCUT2D eigenvalue weighted by molar-refractivity contribution is 5.35. The van der Waals surface area contributed by atoms with E-state index in [2.05, 4.69) is 33.2 Å². The molecule has 1 saturated carbocycles. The van der Waals surface area contributed by atoms with Crippen LogP contribution in [0.1, 0.15) is 44.1 Å².